The Kier molecular flexibility index (Phi) is 6.11. The van der Waals surface area contributed by atoms with Gasteiger partial charge in [-0.3, -0.25) is 0 Å². The van der Waals surface area contributed by atoms with Crippen molar-refractivity contribution in [1.29, 1.82) is 0 Å². The van der Waals surface area contributed by atoms with Crippen molar-refractivity contribution in [1.82, 2.24) is 9.97 Å². The van der Waals surface area contributed by atoms with Crippen LogP contribution in [-0.4, -0.2) is 30.2 Å². The average molecular weight is 371 g/mol. The summed E-state index contributed by atoms with van der Waals surface area (Å²) in [4.78, 5) is 8.41. The Bertz CT molecular complexity index is 843. The van der Waals surface area contributed by atoms with Crippen molar-refractivity contribution in [3.8, 4) is 11.5 Å². The number of methoxy groups -OCH3 is 1. The van der Waals surface area contributed by atoms with Crippen LogP contribution in [0.5, 0.6) is 11.5 Å². The van der Waals surface area contributed by atoms with E-state index in [9.17, 15) is 0 Å². The van der Waals surface area contributed by atoms with E-state index in [2.05, 4.69) is 20.6 Å². The second kappa shape index (κ2) is 8.92. The first kappa shape index (κ1) is 17.8. The molecule has 0 saturated heterocycles. The van der Waals surface area contributed by atoms with Gasteiger partial charge in [0.2, 0.25) is 0 Å². The van der Waals surface area contributed by atoms with Gasteiger partial charge in [-0.15, -0.1) is 0 Å². The first-order valence-electron chi connectivity index (χ1n) is 8.09. The fourth-order valence-electron chi connectivity index (χ4n) is 2.24. The zero-order chi connectivity index (χ0) is 18.2. The van der Waals surface area contributed by atoms with Crippen molar-refractivity contribution in [2.24, 2.45) is 0 Å². The summed E-state index contributed by atoms with van der Waals surface area (Å²) in [5.41, 5.74) is 0.793. The lowest BCUT2D eigenvalue weighted by Gasteiger charge is -2.10. The molecule has 3 rings (SSSR count). The van der Waals surface area contributed by atoms with E-state index >= 15 is 0 Å². The Morgan fingerprint density at radius 3 is 2.46 bits per heavy atom. The minimum atomic E-state index is 0.504. The zero-order valence-electron chi connectivity index (χ0n) is 14.3. The molecule has 0 saturated carbocycles. The molecule has 0 aliphatic carbocycles. The smallest absolute Gasteiger partial charge is 0.135 e. The molecule has 1 aromatic heterocycles. The van der Waals surface area contributed by atoms with Gasteiger partial charge in [0.1, 0.15) is 36.1 Å². The van der Waals surface area contributed by atoms with Gasteiger partial charge in [-0.05, 0) is 36.4 Å². The normalized spacial score (nSPS) is 10.2. The monoisotopic (exact) mass is 370 g/mol. The lowest BCUT2D eigenvalue weighted by molar-refractivity contribution is 0.331. The minimum absolute atomic E-state index is 0.504. The van der Waals surface area contributed by atoms with E-state index in [0.717, 1.165) is 17.2 Å². The molecule has 0 aliphatic rings. The summed E-state index contributed by atoms with van der Waals surface area (Å²) in [6.45, 7) is 1.11. The van der Waals surface area contributed by atoms with Crippen molar-refractivity contribution in [2.45, 2.75) is 0 Å². The Morgan fingerprint density at radius 2 is 1.69 bits per heavy atom. The maximum absolute atomic E-state index is 6.15. The Labute approximate surface area is 157 Å². The van der Waals surface area contributed by atoms with E-state index in [0.29, 0.717) is 29.8 Å². The average Bonchev–Trinajstić information content (AvgIpc) is 2.68. The maximum atomic E-state index is 6.15. The molecule has 134 valence electrons. The third-order valence-corrected chi connectivity index (χ3v) is 3.87. The van der Waals surface area contributed by atoms with E-state index in [1.165, 1.54) is 6.33 Å². The quantitative estimate of drug-likeness (QED) is 0.574. The summed E-state index contributed by atoms with van der Waals surface area (Å²) in [7, 11) is 1.64. The van der Waals surface area contributed by atoms with Crippen molar-refractivity contribution >= 4 is 28.9 Å². The van der Waals surface area contributed by atoms with Crippen LogP contribution in [0.2, 0.25) is 5.02 Å². The number of rotatable bonds is 8. The molecular weight excluding hydrogens is 352 g/mol. The summed E-state index contributed by atoms with van der Waals surface area (Å²) in [5, 5.41) is 7.01. The zero-order valence-corrected chi connectivity index (χ0v) is 15.0. The number of nitrogens with zero attached hydrogens (tertiary/aromatic N) is 2. The number of hydrogen-bond acceptors (Lipinski definition) is 6. The first-order valence-corrected chi connectivity index (χ1v) is 8.47. The number of para-hydroxylation sites is 1. The van der Waals surface area contributed by atoms with Crippen LogP contribution in [0, 0.1) is 0 Å². The summed E-state index contributed by atoms with van der Waals surface area (Å²) in [6, 6.07) is 16.8. The molecular formula is C19H19ClN4O2. The molecule has 0 radical (unpaired) electrons. The molecule has 7 heteroatoms. The van der Waals surface area contributed by atoms with Gasteiger partial charge in [0.05, 0.1) is 24.4 Å². The molecule has 2 N–H and O–H groups in total. The van der Waals surface area contributed by atoms with Crippen molar-refractivity contribution in [3.63, 3.8) is 0 Å². The van der Waals surface area contributed by atoms with Crippen LogP contribution in [0.4, 0.5) is 17.3 Å². The highest BCUT2D eigenvalue weighted by molar-refractivity contribution is 6.33. The number of aromatic nitrogens is 2. The van der Waals surface area contributed by atoms with E-state index in [1.807, 2.05) is 54.6 Å². The third-order valence-electron chi connectivity index (χ3n) is 3.54. The number of benzene rings is 2. The topological polar surface area (TPSA) is 68.3 Å². The lowest BCUT2D eigenvalue weighted by atomic mass is 10.3. The van der Waals surface area contributed by atoms with E-state index in [-0.39, 0.29) is 0 Å². The first-order chi connectivity index (χ1) is 12.7. The second-order valence-corrected chi connectivity index (χ2v) is 5.75. The highest BCUT2D eigenvalue weighted by Crippen LogP contribution is 2.24. The maximum Gasteiger partial charge on any atom is 0.135 e. The van der Waals surface area contributed by atoms with Gasteiger partial charge in [0.25, 0.3) is 0 Å². The molecule has 0 spiro atoms. The van der Waals surface area contributed by atoms with E-state index in [4.69, 9.17) is 21.1 Å². The Morgan fingerprint density at radius 1 is 0.962 bits per heavy atom. The fourth-order valence-corrected chi connectivity index (χ4v) is 2.43. The van der Waals surface area contributed by atoms with Crippen LogP contribution in [0.15, 0.2) is 60.9 Å². The number of ether oxygens (including phenoxy) is 2. The van der Waals surface area contributed by atoms with Crippen LogP contribution < -0.4 is 20.1 Å². The molecule has 0 unspecified atom stereocenters. The van der Waals surface area contributed by atoms with Gasteiger partial charge < -0.3 is 20.1 Å². The predicted octanol–water partition coefficient (Wildman–Crippen LogP) is 4.37. The summed E-state index contributed by atoms with van der Waals surface area (Å²) < 4.78 is 10.8. The number of anilines is 3. The van der Waals surface area contributed by atoms with Crippen LogP contribution in [-0.2, 0) is 0 Å². The van der Waals surface area contributed by atoms with Gasteiger partial charge in [0.15, 0.2) is 0 Å². The van der Waals surface area contributed by atoms with Crippen molar-refractivity contribution in [2.75, 3.05) is 30.9 Å². The van der Waals surface area contributed by atoms with E-state index in [1.54, 1.807) is 7.11 Å². The third kappa shape index (κ3) is 5.00. The number of nitrogens with one attached hydrogen (secondary N) is 2. The molecule has 0 amide bonds. The van der Waals surface area contributed by atoms with Gasteiger partial charge >= 0.3 is 0 Å². The van der Waals surface area contributed by atoms with Crippen molar-refractivity contribution < 1.29 is 9.47 Å². The van der Waals surface area contributed by atoms with Crippen LogP contribution in [0.3, 0.4) is 0 Å². The second-order valence-electron chi connectivity index (χ2n) is 5.34. The largest absolute Gasteiger partial charge is 0.497 e. The van der Waals surface area contributed by atoms with Gasteiger partial charge in [0, 0.05) is 6.07 Å². The number of halogens is 1. The molecule has 6 nitrogen and oxygen atoms in total. The van der Waals surface area contributed by atoms with Crippen LogP contribution in [0.1, 0.15) is 0 Å². The summed E-state index contributed by atoms with van der Waals surface area (Å²) >= 11 is 6.15. The standard InChI is InChI=1S/C19H19ClN4O2/c1-25-14-6-8-15(9-7-14)26-11-10-21-18-12-19(23-13-22-18)24-17-5-3-2-4-16(17)20/h2-9,12-13H,10-11H2,1H3,(H2,21,22,23,24). The van der Waals surface area contributed by atoms with Crippen LogP contribution >= 0.6 is 11.6 Å². The predicted molar refractivity (Wildman–Crippen MR) is 104 cm³/mol. The molecule has 26 heavy (non-hydrogen) atoms. The van der Waals surface area contributed by atoms with Crippen molar-refractivity contribution in [3.05, 3.63) is 65.9 Å². The highest BCUT2D eigenvalue weighted by Gasteiger charge is 2.03. The lowest BCUT2D eigenvalue weighted by Crippen LogP contribution is -2.12. The molecule has 0 aliphatic heterocycles. The fraction of sp³-hybridized carbons (Fsp3) is 0.158. The van der Waals surface area contributed by atoms with Crippen LogP contribution in [0.25, 0.3) is 0 Å². The van der Waals surface area contributed by atoms with E-state index < -0.39 is 0 Å². The molecule has 3 aromatic rings. The SMILES string of the molecule is COc1ccc(OCCNc2cc(Nc3ccccc3Cl)ncn2)cc1. The van der Waals surface area contributed by atoms with Gasteiger partial charge in [-0.1, -0.05) is 23.7 Å². The molecule has 0 atom stereocenters. The number of hydrogen-bond donors (Lipinski definition) is 2. The molecule has 1 heterocycles. The van der Waals surface area contributed by atoms with Gasteiger partial charge in [-0.25, -0.2) is 9.97 Å². The molecule has 0 bridgehead atoms. The van der Waals surface area contributed by atoms with Gasteiger partial charge in [-0.2, -0.15) is 0 Å². The summed E-state index contributed by atoms with van der Waals surface area (Å²) in [5.74, 6) is 2.95. The Balaban J connectivity index is 1.50. The highest BCUT2D eigenvalue weighted by atomic mass is 35.5. The molecule has 2 aromatic carbocycles. The Hall–Kier alpha value is -2.99. The molecule has 0 fully saturated rings. The summed E-state index contributed by atoms with van der Waals surface area (Å²) in [6.07, 6.45) is 1.49. The minimum Gasteiger partial charge on any atom is -0.497 e.